The number of benzene rings is 2. The van der Waals surface area contributed by atoms with Gasteiger partial charge >= 0.3 is 0 Å². The summed E-state index contributed by atoms with van der Waals surface area (Å²) in [6.07, 6.45) is 1.25. The molecule has 0 saturated carbocycles. The number of nitrogens with two attached hydrogens (primary N) is 1. The Hall–Kier alpha value is -2.62. The van der Waals surface area contributed by atoms with Crippen LogP contribution in [0.4, 0.5) is 5.69 Å². The largest absolute Gasteiger partial charge is 0.366 e. The summed E-state index contributed by atoms with van der Waals surface area (Å²) in [7, 11) is 0. The standard InChI is InChI=1S/C16H14N2O2/c17-16(20)13-3-1-2-10(9-13)11-4-6-14-12(8-11)5-7-15(19)18-14/h1-4,6,8-9H,5,7H2,(H2,17,20)(H,18,19). The van der Waals surface area contributed by atoms with Crippen molar-refractivity contribution < 1.29 is 9.59 Å². The molecule has 0 spiro atoms. The normalized spacial score (nSPS) is 13.5. The molecule has 3 rings (SSSR count). The van der Waals surface area contributed by atoms with Crippen molar-refractivity contribution in [2.45, 2.75) is 12.8 Å². The molecule has 4 nitrogen and oxygen atoms in total. The van der Waals surface area contributed by atoms with E-state index in [1.165, 1.54) is 0 Å². The number of primary amides is 1. The average Bonchev–Trinajstić information content (AvgIpc) is 2.47. The number of rotatable bonds is 2. The Bertz CT molecular complexity index is 707. The van der Waals surface area contributed by atoms with Crippen LogP contribution in [0.15, 0.2) is 42.5 Å². The van der Waals surface area contributed by atoms with Gasteiger partial charge in [-0.1, -0.05) is 18.2 Å². The molecule has 2 amide bonds. The van der Waals surface area contributed by atoms with Crippen molar-refractivity contribution in [2.75, 3.05) is 5.32 Å². The zero-order valence-electron chi connectivity index (χ0n) is 10.8. The average molecular weight is 266 g/mol. The molecule has 2 aromatic rings. The topological polar surface area (TPSA) is 72.2 Å². The molecule has 20 heavy (non-hydrogen) atoms. The molecule has 0 radical (unpaired) electrons. The van der Waals surface area contributed by atoms with Crippen molar-refractivity contribution in [1.82, 2.24) is 0 Å². The molecule has 4 heteroatoms. The summed E-state index contributed by atoms with van der Waals surface area (Å²) in [6, 6.07) is 13.1. The van der Waals surface area contributed by atoms with Crippen LogP contribution in [0, 0.1) is 0 Å². The van der Waals surface area contributed by atoms with Crippen LogP contribution >= 0.6 is 0 Å². The molecule has 2 aromatic carbocycles. The van der Waals surface area contributed by atoms with Gasteiger partial charge in [0.05, 0.1) is 0 Å². The Kier molecular flexibility index (Phi) is 2.99. The first-order valence-corrected chi connectivity index (χ1v) is 6.46. The van der Waals surface area contributed by atoms with E-state index in [-0.39, 0.29) is 5.91 Å². The molecular formula is C16H14N2O2. The molecule has 0 aliphatic carbocycles. The number of carbonyl (C=O) groups excluding carboxylic acids is 2. The van der Waals surface area contributed by atoms with Gasteiger partial charge in [0.15, 0.2) is 0 Å². The highest BCUT2D eigenvalue weighted by molar-refractivity contribution is 5.95. The van der Waals surface area contributed by atoms with Crippen LogP contribution in [0.3, 0.4) is 0 Å². The second-order valence-electron chi connectivity index (χ2n) is 4.87. The van der Waals surface area contributed by atoms with Gasteiger partial charge in [-0.05, 0) is 47.4 Å². The van der Waals surface area contributed by atoms with E-state index in [2.05, 4.69) is 11.4 Å². The zero-order chi connectivity index (χ0) is 14.1. The lowest BCUT2D eigenvalue weighted by Gasteiger charge is -2.17. The lowest BCUT2D eigenvalue weighted by molar-refractivity contribution is -0.116. The summed E-state index contributed by atoms with van der Waals surface area (Å²) < 4.78 is 0. The molecule has 1 aliphatic heterocycles. The first kappa shape index (κ1) is 12.4. The first-order chi connectivity index (χ1) is 9.63. The number of amides is 2. The van der Waals surface area contributed by atoms with E-state index in [0.29, 0.717) is 12.0 Å². The van der Waals surface area contributed by atoms with Crippen LogP contribution in [0.5, 0.6) is 0 Å². The lowest BCUT2D eigenvalue weighted by Crippen LogP contribution is -2.18. The Morgan fingerprint density at radius 3 is 2.65 bits per heavy atom. The van der Waals surface area contributed by atoms with Crippen molar-refractivity contribution in [3.8, 4) is 11.1 Å². The van der Waals surface area contributed by atoms with Crippen molar-refractivity contribution >= 4 is 17.5 Å². The highest BCUT2D eigenvalue weighted by atomic mass is 16.2. The molecule has 3 N–H and O–H groups in total. The predicted molar refractivity (Wildman–Crippen MR) is 77.3 cm³/mol. The molecule has 0 bridgehead atoms. The van der Waals surface area contributed by atoms with E-state index < -0.39 is 5.91 Å². The van der Waals surface area contributed by atoms with E-state index in [4.69, 9.17) is 5.73 Å². The summed E-state index contributed by atoms with van der Waals surface area (Å²) in [5.74, 6) is -0.377. The summed E-state index contributed by atoms with van der Waals surface area (Å²) in [5, 5.41) is 2.86. The van der Waals surface area contributed by atoms with Gasteiger partial charge < -0.3 is 11.1 Å². The predicted octanol–water partition coefficient (Wildman–Crippen LogP) is 2.34. The van der Waals surface area contributed by atoms with E-state index in [9.17, 15) is 9.59 Å². The number of carbonyl (C=O) groups is 2. The molecule has 0 saturated heterocycles. The Labute approximate surface area is 116 Å². The van der Waals surface area contributed by atoms with Crippen LogP contribution in [0.1, 0.15) is 22.3 Å². The first-order valence-electron chi connectivity index (χ1n) is 6.46. The van der Waals surface area contributed by atoms with Crippen LogP contribution in [0.25, 0.3) is 11.1 Å². The number of fused-ring (bicyclic) bond motifs is 1. The second kappa shape index (κ2) is 4.81. The second-order valence-corrected chi connectivity index (χ2v) is 4.87. The fourth-order valence-electron chi connectivity index (χ4n) is 2.41. The Balaban J connectivity index is 2.01. The van der Waals surface area contributed by atoms with Crippen LogP contribution < -0.4 is 11.1 Å². The van der Waals surface area contributed by atoms with Crippen molar-refractivity contribution in [3.63, 3.8) is 0 Å². The number of nitrogens with one attached hydrogen (secondary N) is 1. The van der Waals surface area contributed by atoms with Gasteiger partial charge in [-0.2, -0.15) is 0 Å². The number of aryl methyl sites for hydroxylation is 1. The van der Waals surface area contributed by atoms with Gasteiger partial charge in [0.25, 0.3) is 0 Å². The van der Waals surface area contributed by atoms with Gasteiger partial charge in [-0.15, -0.1) is 0 Å². The number of anilines is 1. The summed E-state index contributed by atoms with van der Waals surface area (Å²) in [6.45, 7) is 0. The van der Waals surface area contributed by atoms with Crippen molar-refractivity contribution in [1.29, 1.82) is 0 Å². The van der Waals surface area contributed by atoms with Crippen molar-refractivity contribution in [2.24, 2.45) is 5.73 Å². The molecule has 100 valence electrons. The molecule has 0 atom stereocenters. The molecule has 0 fully saturated rings. The summed E-state index contributed by atoms with van der Waals surface area (Å²) >= 11 is 0. The maximum atomic E-state index is 11.3. The Morgan fingerprint density at radius 1 is 1.05 bits per heavy atom. The minimum absolute atomic E-state index is 0.0565. The molecule has 0 aromatic heterocycles. The highest BCUT2D eigenvalue weighted by Gasteiger charge is 2.15. The summed E-state index contributed by atoms with van der Waals surface area (Å²) in [4.78, 5) is 22.6. The maximum Gasteiger partial charge on any atom is 0.248 e. The zero-order valence-corrected chi connectivity index (χ0v) is 10.8. The lowest BCUT2D eigenvalue weighted by atomic mass is 9.96. The van der Waals surface area contributed by atoms with Gasteiger partial charge in [0, 0.05) is 17.7 Å². The van der Waals surface area contributed by atoms with Gasteiger partial charge in [0.2, 0.25) is 11.8 Å². The van der Waals surface area contributed by atoms with E-state index >= 15 is 0 Å². The van der Waals surface area contributed by atoms with E-state index in [1.54, 1.807) is 12.1 Å². The monoisotopic (exact) mass is 266 g/mol. The van der Waals surface area contributed by atoms with Crippen LogP contribution in [0.2, 0.25) is 0 Å². The minimum Gasteiger partial charge on any atom is -0.366 e. The SMILES string of the molecule is NC(=O)c1cccc(-c2ccc3c(c2)CCC(=O)N3)c1. The van der Waals surface area contributed by atoms with Crippen LogP contribution in [-0.2, 0) is 11.2 Å². The van der Waals surface area contributed by atoms with E-state index in [0.717, 1.165) is 28.8 Å². The molecule has 0 unspecified atom stereocenters. The fourth-order valence-corrected chi connectivity index (χ4v) is 2.41. The Morgan fingerprint density at radius 2 is 1.85 bits per heavy atom. The highest BCUT2D eigenvalue weighted by Crippen LogP contribution is 2.29. The summed E-state index contributed by atoms with van der Waals surface area (Å²) in [5.41, 5.74) is 9.75. The van der Waals surface area contributed by atoms with Crippen molar-refractivity contribution in [3.05, 3.63) is 53.6 Å². The molecular weight excluding hydrogens is 252 g/mol. The third-order valence-electron chi connectivity index (χ3n) is 3.48. The smallest absolute Gasteiger partial charge is 0.248 e. The fraction of sp³-hybridized carbons (Fsp3) is 0.125. The van der Waals surface area contributed by atoms with Gasteiger partial charge in [0.1, 0.15) is 0 Å². The molecule has 1 aliphatic rings. The van der Waals surface area contributed by atoms with Gasteiger partial charge in [-0.3, -0.25) is 9.59 Å². The van der Waals surface area contributed by atoms with Crippen LogP contribution in [-0.4, -0.2) is 11.8 Å². The number of hydrogen-bond donors (Lipinski definition) is 2. The maximum absolute atomic E-state index is 11.3. The quantitative estimate of drug-likeness (QED) is 0.875. The molecule has 1 heterocycles. The van der Waals surface area contributed by atoms with E-state index in [1.807, 2.05) is 24.3 Å². The third kappa shape index (κ3) is 2.28. The third-order valence-corrected chi connectivity index (χ3v) is 3.48. The number of hydrogen-bond acceptors (Lipinski definition) is 2. The van der Waals surface area contributed by atoms with Gasteiger partial charge in [-0.25, -0.2) is 0 Å². The minimum atomic E-state index is -0.433.